The van der Waals surface area contributed by atoms with Crippen LogP contribution in [0.5, 0.6) is 0 Å². The minimum Gasteiger partial charge on any atom is -0.368 e. The quantitative estimate of drug-likeness (QED) is 0.726. The molecule has 0 aliphatic carbocycles. The molecular weight excluding hydrogens is 290 g/mol. The van der Waals surface area contributed by atoms with Crippen molar-refractivity contribution in [1.29, 1.82) is 0 Å². The lowest BCUT2D eigenvalue weighted by Gasteiger charge is -2.29. The SMILES string of the molecule is CN1CCOC(c2ncc(-c3nc4ccccc4n3C)n2C)C1. The van der Waals surface area contributed by atoms with Crippen LogP contribution in [0.1, 0.15) is 11.9 Å². The lowest BCUT2D eigenvalue weighted by Crippen LogP contribution is -2.36. The molecule has 0 N–H and O–H groups in total. The van der Waals surface area contributed by atoms with Gasteiger partial charge in [0.1, 0.15) is 17.6 Å². The highest BCUT2D eigenvalue weighted by Crippen LogP contribution is 2.27. The molecule has 0 spiro atoms. The Morgan fingerprint density at radius 2 is 1.96 bits per heavy atom. The Labute approximate surface area is 135 Å². The summed E-state index contributed by atoms with van der Waals surface area (Å²) < 4.78 is 10.1. The molecule has 1 atom stereocenters. The fourth-order valence-corrected chi connectivity index (χ4v) is 3.24. The lowest BCUT2D eigenvalue weighted by molar-refractivity contribution is -0.0266. The van der Waals surface area contributed by atoms with Gasteiger partial charge in [-0.3, -0.25) is 0 Å². The molecule has 1 fully saturated rings. The zero-order chi connectivity index (χ0) is 16.0. The van der Waals surface area contributed by atoms with Crippen molar-refractivity contribution in [2.24, 2.45) is 14.1 Å². The van der Waals surface area contributed by atoms with Gasteiger partial charge in [0, 0.05) is 27.2 Å². The van der Waals surface area contributed by atoms with E-state index in [0.717, 1.165) is 48.1 Å². The Kier molecular flexibility index (Phi) is 3.43. The van der Waals surface area contributed by atoms with Crippen molar-refractivity contribution in [2.75, 3.05) is 26.7 Å². The number of para-hydroxylation sites is 2. The van der Waals surface area contributed by atoms with Gasteiger partial charge in [0.05, 0.1) is 23.8 Å². The molecule has 0 saturated carbocycles. The van der Waals surface area contributed by atoms with Crippen molar-refractivity contribution in [3.8, 4) is 11.5 Å². The van der Waals surface area contributed by atoms with Crippen molar-refractivity contribution >= 4 is 11.0 Å². The standard InChI is InChI=1S/C17H21N5O/c1-20-8-9-23-15(11-20)17-18-10-14(22(17)3)16-19-12-6-4-5-7-13(12)21(16)2/h4-7,10,15H,8-9,11H2,1-3H3. The van der Waals surface area contributed by atoms with E-state index in [1.54, 1.807) is 0 Å². The van der Waals surface area contributed by atoms with Crippen LogP contribution in [0.15, 0.2) is 30.5 Å². The van der Waals surface area contributed by atoms with Gasteiger partial charge in [-0.05, 0) is 19.2 Å². The number of ether oxygens (including phenoxy) is 1. The Morgan fingerprint density at radius 1 is 1.13 bits per heavy atom. The maximum absolute atomic E-state index is 5.90. The molecule has 2 aromatic heterocycles. The average Bonchev–Trinajstić information content (AvgIpc) is 3.08. The van der Waals surface area contributed by atoms with Crippen LogP contribution in [0, 0.1) is 0 Å². The maximum Gasteiger partial charge on any atom is 0.159 e. The van der Waals surface area contributed by atoms with Crippen molar-refractivity contribution in [1.82, 2.24) is 24.0 Å². The normalized spacial score (nSPS) is 19.5. The first-order valence-electron chi connectivity index (χ1n) is 7.88. The van der Waals surface area contributed by atoms with Gasteiger partial charge in [0.25, 0.3) is 0 Å². The van der Waals surface area contributed by atoms with Crippen LogP contribution in [-0.2, 0) is 18.8 Å². The molecule has 120 valence electrons. The van der Waals surface area contributed by atoms with Crippen LogP contribution >= 0.6 is 0 Å². The number of nitrogens with zero attached hydrogens (tertiary/aromatic N) is 5. The van der Waals surface area contributed by atoms with E-state index in [9.17, 15) is 0 Å². The van der Waals surface area contributed by atoms with E-state index in [0.29, 0.717) is 0 Å². The summed E-state index contributed by atoms with van der Waals surface area (Å²) in [7, 11) is 6.20. The first-order valence-corrected chi connectivity index (χ1v) is 7.88. The smallest absolute Gasteiger partial charge is 0.159 e. The number of rotatable bonds is 2. The average molecular weight is 311 g/mol. The monoisotopic (exact) mass is 311 g/mol. The molecule has 0 amide bonds. The molecule has 6 nitrogen and oxygen atoms in total. The Morgan fingerprint density at radius 3 is 2.74 bits per heavy atom. The summed E-state index contributed by atoms with van der Waals surface area (Å²) in [5, 5.41) is 0. The summed E-state index contributed by atoms with van der Waals surface area (Å²) in [6.45, 7) is 2.58. The number of likely N-dealkylation sites (N-methyl/N-ethyl adjacent to an activating group) is 1. The summed E-state index contributed by atoms with van der Waals surface area (Å²) in [5.74, 6) is 1.88. The van der Waals surface area contributed by atoms with Crippen molar-refractivity contribution in [3.05, 3.63) is 36.3 Å². The van der Waals surface area contributed by atoms with Crippen LogP contribution < -0.4 is 0 Å². The van der Waals surface area contributed by atoms with Crippen LogP contribution in [0.3, 0.4) is 0 Å². The van der Waals surface area contributed by atoms with E-state index in [1.165, 1.54) is 0 Å². The molecule has 3 heterocycles. The molecule has 1 aromatic carbocycles. The largest absolute Gasteiger partial charge is 0.368 e. The highest BCUT2D eigenvalue weighted by molar-refractivity contribution is 5.79. The molecule has 1 unspecified atom stereocenters. The third-order valence-electron chi connectivity index (χ3n) is 4.60. The third-order valence-corrected chi connectivity index (χ3v) is 4.60. The van der Waals surface area contributed by atoms with E-state index in [4.69, 9.17) is 9.72 Å². The summed E-state index contributed by atoms with van der Waals surface area (Å²) in [6, 6.07) is 8.17. The van der Waals surface area contributed by atoms with Gasteiger partial charge in [0.15, 0.2) is 5.82 Å². The Hall–Kier alpha value is -2.18. The summed E-state index contributed by atoms with van der Waals surface area (Å²) in [6.07, 6.45) is 1.91. The third kappa shape index (κ3) is 2.34. The number of aryl methyl sites for hydroxylation is 1. The second-order valence-corrected chi connectivity index (χ2v) is 6.17. The van der Waals surface area contributed by atoms with Gasteiger partial charge in [-0.1, -0.05) is 12.1 Å². The Balaban J connectivity index is 1.76. The Bertz CT molecular complexity index is 850. The second kappa shape index (κ2) is 5.47. The predicted molar refractivity (Wildman–Crippen MR) is 89.1 cm³/mol. The first-order chi connectivity index (χ1) is 11.1. The molecule has 23 heavy (non-hydrogen) atoms. The van der Waals surface area contributed by atoms with E-state index < -0.39 is 0 Å². The van der Waals surface area contributed by atoms with Crippen LogP contribution in [-0.4, -0.2) is 50.7 Å². The van der Waals surface area contributed by atoms with E-state index >= 15 is 0 Å². The van der Waals surface area contributed by atoms with Gasteiger partial charge in [-0.2, -0.15) is 0 Å². The molecule has 4 rings (SSSR count). The van der Waals surface area contributed by atoms with Crippen LogP contribution in [0.25, 0.3) is 22.6 Å². The number of fused-ring (bicyclic) bond motifs is 1. The zero-order valence-corrected chi connectivity index (χ0v) is 13.7. The van der Waals surface area contributed by atoms with E-state index in [-0.39, 0.29) is 6.10 Å². The molecule has 1 aliphatic rings. The highest BCUT2D eigenvalue weighted by atomic mass is 16.5. The van der Waals surface area contributed by atoms with E-state index in [2.05, 4.69) is 32.1 Å². The second-order valence-electron chi connectivity index (χ2n) is 6.17. The zero-order valence-electron chi connectivity index (χ0n) is 13.7. The fourth-order valence-electron chi connectivity index (χ4n) is 3.24. The minimum absolute atomic E-state index is 0.0159. The van der Waals surface area contributed by atoms with Crippen LogP contribution in [0.2, 0.25) is 0 Å². The van der Waals surface area contributed by atoms with Crippen molar-refractivity contribution in [3.63, 3.8) is 0 Å². The molecular formula is C17H21N5O. The van der Waals surface area contributed by atoms with Gasteiger partial charge in [0.2, 0.25) is 0 Å². The predicted octanol–water partition coefficient (Wildman–Crippen LogP) is 1.98. The van der Waals surface area contributed by atoms with Gasteiger partial charge < -0.3 is 18.8 Å². The number of hydrogen-bond donors (Lipinski definition) is 0. The molecule has 1 saturated heterocycles. The summed E-state index contributed by atoms with van der Waals surface area (Å²) in [5.41, 5.74) is 3.14. The number of morpholine rings is 1. The highest BCUT2D eigenvalue weighted by Gasteiger charge is 2.25. The molecule has 1 aliphatic heterocycles. The van der Waals surface area contributed by atoms with Gasteiger partial charge >= 0.3 is 0 Å². The molecule has 6 heteroatoms. The number of aromatic nitrogens is 4. The molecule has 3 aromatic rings. The number of imidazole rings is 2. The maximum atomic E-state index is 5.90. The van der Waals surface area contributed by atoms with Crippen LogP contribution in [0.4, 0.5) is 0 Å². The first kappa shape index (κ1) is 14.4. The number of benzene rings is 1. The molecule has 0 bridgehead atoms. The summed E-state index contributed by atoms with van der Waals surface area (Å²) in [4.78, 5) is 11.7. The van der Waals surface area contributed by atoms with Crippen molar-refractivity contribution < 1.29 is 4.74 Å². The van der Waals surface area contributed by atoms with E-state index in [1.807, 2.05) is 38.5 Å². The van der Waals surface area contributed by atoms with Crippen molar-refractivity contribution in [2.45, 2.75) is 6.10 Å². The lowest BCUT2D eigenvalue weighted by atomic mass is 10.2. The minimum atomic E-state index is 0.0159. The summed E-state index contributed by atoms with van der Waals surface area (Å²) >= 11 is 0. The number of hydrogen-bond acceptors (Lipinski definition) is 4. The van der Waals surface area contributed by atoms with Gasteiger partial charge in [-0.15, -0.1) is 0 Å². The topological polar surface area (TPSA) is 48.1 Å². The van der Waals surface area contributed by atoms with Gasteiger partial charge in [-0.25, -0.2) is 9.97 Å². The molecule has 0 radical (unpaired) electrons. The fraction of sp³-hybridized carbons (Fsp3) is 0.412.